The van der Waals surface area contributed by atoms with Crippen molar-refractivity contribution in [2.75, 3.05) is 26.2 Å². The van der Waals surface area contributed by atoms with E-state index >= 15 is 0 Å². The summed E-state index contributed by atoms with van der Waals surface area (Å²) in [6, 6.07) is 21.2. The van der Waals surface area contributed by atoms with Crippen LogP contribution in [0.25, 0.3) is 0 Å². The Bertz CT molecular complexity index is 713. The summed E-state index contributed by atoms with van der Waals surface area (Å²) < 4.78 is 0. The van der Waals surface area contributed by atoms with E-state index in [9.17, 15) is 4.79 Å². The maximum absolute atomic E-state index is 13.5. The van der Waals surface area contributed by atoms with Gasteiger partial charge in [-0.15, -0.1) is 0 Å². The van der Waals surface area contributed by atoms with Gasteiger partial charge in [-0.25, -0.2) is 0 Å². The molecule has 3 nitrogen and oxygen atoms in total. The van der Waals surface area contributed by atoms with Gasteiger partial charge in [-0.05, 0) is 29.9 Å². The normalized spacial score (nSPS) is 23.7. The van der Waals surface area contributed by atoms with Crippen LogP contribution < -0.4 is 0 Å². The lowest BCUT2D eigenvalue weighted by Crippen LogP contribution is -2.53. The largest absolute Gasteiger partial charge is 0.339 e. The molecule has 1 aliphatic carbocycles. The van der Waals surface area contributed by atoms with E-state index in [0.717, 1.165) is 49.3 Å². The zero-order valence-electron chi connectivity index (χ0n) is 17.0. The molecule has 2 aromatic carbocycles. The van der Waals surface area contributed by atoms with Gasteiger partial charge >= 0.3 is 0 Å². The number of carbonyl (C=O) groups excluding carboxylic acids is 1. The molecule has 28 heavy (non-hydrogen) atoms. The summed E-state index contributed by atoms with van der Waals surface area (Å²) >= 11 is 0. The zero-order chi connectivity index (χ0) is 19.3. The van der Waals surface area contributed by atoms with Gasteiger partial charge in [0.15, 0.2) is 0 Å². The van der Waals surface area contributed by atoms with Crippen LogP contribution in [0, 0.1) is 5.92 Å². The van der Waals surface area contributed by atoms with E-state index in [1.54, 1.807) is 0 Å². The Morgan fingerprint density at radius 2 is 1.43 bits per heavy atom. The van der Waals surface area contributed by atoms with Gasteiger partial charge in [-0.2, -0.15) is 0 Å². The van der Waals surface area contributed by atoms with Crippen molar-refractivity contribution in [3.05, 3.63) is 71.8 Å². The third-order valence-corrected chi connectivity index (χ3v) is 6.56. The van der Waals surface area contributed by atoms with Crippen molar-refractivity contribution in [2.24, 2.45) is 5.92 Å². The molecule has 2 atom stereocenters. The van der Waals surface area contributed by atoms with Crippen molar-refractivity contribution in [2.45, 2.75) is 44.6 Å². The second-order valence-corrected chi connectivity index (χ2v) is 8.54. The molecule has 2 unspecified atom stereocenters. The number of nitrogens with zero attached hydrogens (tertiary/aromatic N) is 2. The number of carbonyl (C=O) groups is 1. The van der Waals surface area contributed by atoms with Crippen LogP contribution in [0.3, 0.4) is 0 Å². The second-order valence-electron chi connectivity index (χ2n) is 8.54. The first-order chi connectivity index (χ1) is 13.7. The Hall–Kier alpha value is -2.13. The first-order valence-corrected chi connectivity index (χ1v) is 10.8. The van der Waals surface area contributed by atoms with Gasteiger partial charge in [0.25, 0.3) is 0 Å². The van der Waals surface area contributed by atoms with E-state index < -0.39 is 0 Å². The van der Waals surface area contributed by atoms with Crippen molar-refractivity contribution in [1.29, 1.82) is 0 Å². The molecule has 2 aromatic rings. The fourth-order valence-corrected chi connectivity index (χ4v) is 4.99. The van der Waals surface area contributed by atoms with E-state index in [4.69, 9.17) is 0 Å². The summed E-state index contributed by atoms with van der Waals surface area (Å²) in [5, 5.41) is 0. The third-order valence-electron chi connectivity index (χ3n) is 6.56. The molecule has 0 aromatic heterocycles. The SMILES string of the molecule is CC1CCCC(N2CCN(C(=O)C(c3ccccc3)c3ccccc3)CC2)C1. The number of hydrogen-bond acceptors (Lipinski definition) is 2. The van der Waals surface area contributed by atoms with Crippen molar-refractivity contribution >= 4 is 5.91 Å². The van der Waals surface area contributed by atoms with Crippen LogP contribution in [-0.4, -0.2) is 47.9 Å². The summed E-state index contributed by atoms with van der Waals surface area (Å²) in [6.45, 7) is 6.11. The van der Waals surface area contributed by atoms with E-state index in [-0.39, 0.29) is 11.8 Å². The average Bonchev–Trinajstić information content (AvgIpc) is 2.75. The fourth-order valence-electron chi connectivity index (χ4n) is 4.99. The Kier molecular flexibility index (Phi) is 6.11. The van der Waals surface area contributed by atoms with Crippen molar-refractivity contribution < 1.29 is 4.79 Å². The minimum Gasteiger partial charge on any atom is -0.339 e. The summed E-state index contributed by atoms with van der Waals surface area (Å²) in [4.78, 5) is 18.3. The molecule has 1 heterocycles. The molecule has 1 amide bonds. The Balaban J connectivity index is 1.46. The number of hydrogen-bond donors (Lipinski definition) is 0. The van der Waals surface area contributed by atoms with Crippen LogP contribution in [0.15, 0.2) is 60.7 Å². The number of amides is 1. The lowest BCUT2D eigenvalue weighted by Gasteiger charge is -2.42. The van der Waals surface area contributed by atoms with Crippen LogP contribution in [0.5, 0.6) is 0 Å². The van der Waals surface area contributed by atoms with Gasteiger partial charge < -0.3 is 4.90 Å². The maximum atomic E-state index is 13.5. The fraction of sp³-hybridized carbons (Fsp3) is 0.480. The maximum Gasteiger partial charge on any atom is 0.234 e. The highest BCUT2D eigenvalue weighted by Gasteiger charge is 2.32. The smallest absolute Gasteiger partial charge is 0.234 e. The van der Waals surface area contributed by atoms with Crippen LogP contribution >= 0.6 is 0 Å². The van der Waals surface area contributed by atoms with E-state index in [2.05, 4.69) is 41.0 Å². The molecule has 1 saturated heterocycles. The third kappa shape index (κ3) is 4.30. The molecular formula is C25H32N2O. The second kappa shape index (κ2) is 8.91. The summed E-state index contributed by atoms with van der Waals surface area (Å²) in [5.41, 5.74) is 2.17. The van der Waals surface area contributed by atoms with Crippen LogP contribution in [0.1, 0.15) is 49.7 Å². The first-order valence-electron chi connectivity index (χ1n) is 10.8. The van der Waals surface area contributed by atoms with Crippen LogP contribution in [0.4, 0.5) is 0 Å². The molecule has 4 rings (SSSR count). The van der Waals surface area contributed by atoms with Crippen molar-refractivity contribution in [1.82, 2.24) is 9.80 Å². The molecule has 0 spiro atoms. The monoisotopic (exact) mass is 376 g/mol. The van der Waals surface area contributed by atoms with E-state index in [0.29, 0.717) is 0 Å². The van der Waals surface area contributed by atoms with Gasteiger partial charge in [-0.3, -0.25) is 9.69 Å². The van der Waals surface area contributed by atoms with Crippen molar-refractivity contribution in [3.63, 3.8) is 0 Å². The van der Waals surface area contributed by atoms with Gasteiger partial charge in [0.2, 0.25) is 5.91 Å². The zero-order valence-corrected chi connectivity index (χ0v) is 17.0. The standard InChI is InChI=1S/C25H32N2O/c1-20-9-8-14-23(19-20)26-15-17-27(18-16-26)25(28)24(21-10-4-2-5-11-21)22-12-6-3-7-13-22/h2-7,10-13,20,23-24H,8-9,14-19H2,1H3. The van der Waals surface area contributed by atoms with E-state index in [1.165, 1.54) is 25.7 Å². The lowest BCUT2D eigenvalue weighted by atomic mass is 9.86. The van der Waals surface area contributed by atoms with Gasteiger partial charge in [0, 0.05) is 32.2 Å². The van der Waals surface area contributed by atoms with Crippen molar-refractivity contribution in [3.8, 4) is 0 Å². The predicted molar refractivity (Wildman–Crippen MR) is 114 cm³/mol. The topological polar surface area (TPSA) is 23.6 Å². The van der Waals surface area contributed by atoms with Gasteiger partial charge in [-0.1, -0.05) is 80.4 Å². The summed E-state index contributed by atoms with van der Waals surface area (Å²) in [6.07, 6.45) is 5.39. The summed E-state index contributed by atoms with van der Waals surface area (Å²) in [5.74, 6) is 0.886. The molecule has 0 bridgehead atoms. The minimum atomic E-state index is -0.205. The predicted octanol–water partition coefficient (Wildman–Crippen LogP) is 4.54. The van der Waals surface area contributed by atoms with Crippen LogP contribution in [0.2, 0.25) is 0 Å². The molecule has 148 valence electrons. The summed E-state index contributed by atoms with van der Waals surface area (Å²) in [7, 11) is 0. The highest BCUT2D eigenvalue weighted by atomic mass is 16.2. The van der Waals surface area contributed by atoms with Gasteiger partial charge in [0.1, 0.15) is 0 Å². The number of rotatable bonds is 4. The molecular weight excluding hydrogens is 344 g/mol. The molecule has 3 heteroatoms. The Morgan fingerprint density at radius 3 is 1.96 bits per heavy atom. The quantitative estimate of drug-likeness (QED) is 0.782. The highest BCUT2D eigenvalue weighted by molar-refractivity contribution is 5.87. The molecule has 1 aliphatic heterocycles. The Morgan fingerprint density at radius 1 is 0.857 bits per heavy atom. The minimum absolute atomic E-state index is 0.205. The molecule has 0 radical (unpaired) electrons. The lowest BCUT2D eigenvalue weighted by molar-refractivity contribution is -0.134. The van der Waals surface area contributed by atoms with Gasteiger partial charge in [0.05, 0.1) is 5.92 Å². The molecule has 2 aliphatic rings. The number of benzene rings is 2. The first kappa shape index (κ1) is 19.2. The molecule has 0 N–H and O–H groups in total. The van der Waals surface area contributed by atoms with Crippen LogP contribution in [-0.2, 0) is 4.79 Å². The molecule has 2 fully saturated rings. The highest BCUT2D eigenvalue weighted by Crippen LogP contribution is 2.30. The average molecular weight is 377 g/mol. The number of piperazine rings is 1. The molecule has 1 saturated carbocycles. The Labute approximate surface area is 169 Å². The van der Waals surface area contributed by atoms with E-state index in [1.807, 2.05) is 36.4 Å².